The number of unbranched alkanes of at least 4 members (excludes halogenated alkanes) is 2. The first kappa shape index (κ1) is 12.1. The van der Waals surface area contributed by atoms with E-state index >= 15 is 0 Å². The van der Waals surface area contributed by atoms with E-state index in [4.69, 9.17) is 11.2 Å². The zero-order valence-electron chi connectivity index (χ0n) is 9.34. The number of nitrogens with one attached hydrogen (secondary N) is 1. The minimum atomic E-state index is 0.125. The standard InChI is InChI=1S/C12H19NO2/c1-3-4-5-6-7-11(14)13-8-12(2)9-15-10-12/h1H,4-10H2,2H3,(H,13,14). The van der Waals surface area contributed by atoms with Crippen LogP contribution in [0.25, 0.3) is 0 Å². The summed E-state index contributed by atoms with van der Waals surface area (Å²) in [5.41, 5.74) is 0.161. The van der Waals surface area contributed by atoms with Crippen molar-refractivity contribution in [2.24, 2.45) is 5.41 Å². The molecule has 1 fully saturated rings. The van der Waals surface area contributed by atoms with Crippen molar-refractivity contribution in [2.45, 2.75) is 32.6 Å². The summed E-state index contributed by atoms with van der Waals surface area (Å²) in [4.78, 5) is 11.4. The topological polar surface area (TPSA) is 38.3 Å². The van der Waals surface area contributed by atoms with Crippen LogP contribution in [0.15, 0.2) is 0 Å². The lowest BCUT2D eigenvalue weighted by molar-refractivity contribution is -0.126. The van der Waals surface area contributed by atoms with E-state index in [2.05, 4.69) is 18.2 Å². The summed E-state index contributed by atoms with van der Waals surface area (Å²) in [6, 6.07) is 0. The Morgan fingerprint density at radius 2 is 2.27 bits per heavy atom. The van der Waals surface area contributed by atoms with Crippen LogP contribution in [-0.2, 0) is 9.53 Å². The van der Waals surface area contributed by atoms with E-state index in [9.17, 15) is 4.79 Å². The fraction of sp³-hybridized carbons (Fsp3) is 0.750. The molecule has 0 aromatic carbocycles. The molecule has 1 N–H and O–H groups in total. The van der Waals surface area contributed by atoms with Crippen LogP contribution in [-0.4, -0.2) is 25.7 Å². The number of ether oxygens (including phenoxy) is 1. The van der Waals surface area contributed by atoms with Crippen molar-refractivity contribution >= 4 is 5.91 Å². The number of hydrogen-bond acceptors (Lipinski definition) is 2. The zero-order valence-corrected chi connectivity index (χ0v) is 9.34. The van der Waals surface area contributed by atoms with E-state index in [1.54, 1.807) is 0 Å². The Morgan fingerprint density at radius 1 is 1.53 bits per heavy atom. The van der Waals surface area contributed by atoms with Gasteiger partial charge in [0.1, 0.15) is 0 Å². The van der Waals surface area contributed by atoms with Gasteiger partial charge in [-0.05, 0) is 12.8 Å². The third-order valence-corrected chi connectivity index (χ3v) is 2.59. The molecule has 0 saturated carbocycles. The van der Waals surface area contributed by atoms with Gasteiger partial charge in [-0.2, -0.15) is 0 Å². The third-order valence-electron chi connectivity index (χ3n) is 2.59. The molecule has 84 valence electrons. The lowest BCUT2D eigenvalue weighted by atomic mass is 9.89. The Balaban J connectivity index is 2.01. The summed E-state index contributed by atoms with van der Waals surface area (Å²) in [6.07, 6.45) is 8.28. The summed E-state index contributed by atoms with van der Waals surface area (Å²) in [7, 11) is 0. The Hall–Kier alpha value is -1.01. The minimum Gasteiger partial charge on any atom is -0.380 e. The van der Waals surface area contributed by atoms with Gasteiger partial charge in [-0.3, -0.25) is 4.79 Å². The molecule has 0 atom stereocenters. The summed E-state index contributed by atoms with van der Waals surface area (Å²) >= 11 is 0. The van der Waals surface area contributed by atoms with Gasteiger partial charge in [-0.1, -0.05) is 6.92 Å². The molecule has 1 aliphatic heterocycles. The van der Waals surface area contributed by atoms with E-state index in [1.165, 1.54) is 0 Å². The van der Waals surface area contributed by atoms with Gasteiger partial charge in [0.15, 0.2) is 0 Å². The van der Waals surface area contributed by atoms with Gasteiger partial charge in [0.05, 0.1) is 13.2 Å². The SMILES string of the molecule is C#CCCCCC(=O)NCC1(C)COC1. The average Bonchev–Trinajstić information content (AvgIpc) is 2.19. The average molecular weight is 209 g/mol. The lowest BCUT2D eigenvalue weighted by Gasteiger charge is -2.38. The quantitative estimate of drug-likeness (QED) is 0.529. The maximum absolute atomic E-state index is 11.4. The van der Waals surface area contributed by atoms with Crippen molar-refractivity contribution in [3.63, 3.8) is 0 Å². The Morgan fingerprint density at radius 3 is 2.80 bits per heavy atom. The van der Waals surface area contributed by atoms with Crippen LogP contribution in [0.5, 0.6) is 0 Å². The van der Waals surface area contributed by atoms with Crippen LogP contribution in [0.3, 0.4) is 0 Å². The summed E-state index contributed by atoms with van der Waals surface area (Å²) in [5.74, 6) is 2.69. The number of carbonyl (C=O) groups excluding carboxylic acids is 1. The number of hydrogen-bond donors (Lipinski definition) is 1. The highest BCUT2D eigenvalue weighted by Crippen LogP contribution is 2.25. The predicted octanol–water partition coefficient (Wildman–Crippen LogP) is 1.33. The van der Waals surface area contributed by atoms with Crippen LogP contribution < -0.4 is 5.32 Å². The first-order valence-corrected chi connectivity index (χ1v) is 5.44. The van der Waals surface area contributed by atoms with E-state index in [0.717, 1.165) is 39.0 Å². The van der Waals surface area contributed by atoms with E-state index < -0.39 is 0 Å². The first-order valence-electron chi connectivity index (χ1n) is 5.44. The van der Waals surface area contributed by atoms with Gasteiger partial charge < -0.3 is 10.1 Å². The largest absolute Gasteiger partial charge is 0.380 e. The van der Waals surface area contributed by atoms with Crippen molar-refractivity contribution < 1.29 is 9.53 Å². The molecule has 1 amide bonds. The van der Waals surface area contributed by atoms with Crippen LogP contribution in [0.2, 0.25) is 0 Å². The van der Waals surface area contributed by atoms with Crippen LogP contribution in [0, 0.1) is 17.8 Å². The van der Waals surface area contributed by atoms with Crippen molar-refractivity contribution in [1.82, 2.24) is 5.32 Å². The molecule has 15 heavy (non-hydrogen) atoms. The molecule has 0 bridgehead atoms. The summed E-state index contributed by atoms with van der Waals surface area (Å²) in [5, 5.41) is 2.93. The normalized spacial score (nSPS) is 17.6. The highest BCUT2D eigenvalue weighted by molar-refractivity contribution is 5.75. The van der Waals surface area contributed by atoms with Gasteiger partial charge in [0, 0.05) is 24.8 Å². The lowest BCUT2D eigenvalue weighted by Crippen LogP contribution is -2.48. The van der Waals surface area contributed by atoms with E-state index in [-0.39, 0.29) is 11.3 Å². The Labute approximate surface area is 91.6 Å². The maximum atomic E-state index is 11.4. The molecule has 1 saturated heterocycles. The fourth-order valence-electron chi connectivity index (χ4n) is 1.47. The fourth-order valence-corrected chi connectivity index (χ4v) is 1.47. The van der Waals surface area contributed by atoms with Crippen LogP contribution in [0.1, 0.15) is 32.6 Å². The van der Waals surface area contributed by atoms with Crippen molar-refractivity contribution in [3.8, 4) is 12.3 Å². The molecule has 0 aromatic rings. The summed E-state index contributed by atoms with van der Waals surface area (Å²) in [6.45, 7) is 4.35. The third kappa shape index (κ3) is 4.35. The second-order valence-electron chi connectivity index (χ2n) is 4.49. The molecule has 0 aromatic heterocycles. The molecule has 3 heteroatoms. The molecule has 0 spiro atoms. The van der Waals surface area contributed by atoms with Crippen molar-refractivity contribution in [1.29, 1.82) is 0 Å². The zero-order chi connectivity index (χ0) is 11.1. The predicted molar refractivity (Wildman–Crippen MR) is 59.2 cm³/mol. The monoisotopic (exact) mass is 209 g/mol. The molecule has 0 radical (unpaired) electrons. The number of terminal acetylenes is 1. The van der Waals surface area contributed by atoms with Gasteiger partial charge in [0.2, 0.25) is 5.91 Å². The smallest absolute Gasteiger partial charge is 0.220 e. The van der Waals surface area contributed by atoms with Gasteiger partial charge >= 0.3 is 0 Å². The van der Waals surface area contributed by atoms with Crippen molar-refractivity contribution in [2.75, 3.05) is 19.8 Å². The molecule has 1 aliphatic rings. The van der Waals surface area contributed by atoms with E-state index in [1.807, 2.05) is 0 Å². The van der Waals surface area contributed by atoms with Gasteiger partial charge in [-0.15, -0.1) is 12.3 Å². The molecule has 0 unspecified atom stereocenters. The van der Waals surface area contributed by atoms with Gasteiger partial charge in [-0.25, -0.2) is 0 Å². The maximum Gasteiger partial charge on any atom is 0.220 e. The van der Waals surface area contributed by atoms with Crippen LogP contribution >= 0.6 is 0 Å². The van der Waals surface area contributed by atoms with Crippen LogP contribution in [0.4, 0.5) is 0 Å². The summed E-state index contributed by atoms with van der Waals surface area (Å²) < 4.78 is 5.11. The highest BCUT2D eigenvalue weighted by Gasteiger charge is 2.33. The second kappa shape index (κ2) is 5.77. The Bertz CT molecular complexity index is 251. The highest BCUT2D eigenvalue weighted by atomic mass is 16.5. The first-order chi connectivity index (χ1) is 7.16. The molecule has 1 rings (SSSR count). The second-order valence-corrected chi connectivity index (χ2v) is 4.49. The molecular formula is C12H19NO2. The molecular weight excluding hydrogens is 190 g/mol. The minimum absolute atomic E-state index is 0.125. The van der Waals surface area contributed by atoms with E-state index in [0.29, 0.717) is 6.42 Å². The van der Waals surface area contributed by atoms with Gasteiger partial charge in [0.25, 0.3) is 0 Å². The number of amides is 1. The molecule has 3 nitrogen and oxygen atoms in total. The molecule has 1 heterocycles. The number of carbonyl (C=O) groups is 1. The Kier molecular flexibility index (Phi) is 4.64. The molecule has 0 aliphatic carbocycles. The number of rotatable bonds is 6. The van der Waals surface area contributed by atoms with Crippen molar-refractivity contribution in [3.05, 3.63) is 0 Å².